The van der Waals surface area contributed by atoms with E-state index in [9.17, 15) is 0 Å². The minimum atomic E-state index is 0.434. The number of nitrogens with one attached hydrogen (secondary N) is 1. The minimum absolute atomic E-state index is 0.434. The van der Waals surface area contributed by atoms with Gasteiger partial charge in [0.15, 0.2) is 11.6 Å². The molecule has 3 N–H and O–H groups in total. The third-order valence-corrected chi connectivity index (χ3v) is 3.73. The highest BCUT2D eigenvalue weighted by atomic mass is 35.5. The fourth-order valence-electron chi connectivity index (χ4n) is 2.17. The van der Waals surface area contributed by atoms with Gasteiger partial charge in [0.25, 0.3) is 0 Å². The van der Waals surface area contributed by atoms with Crippen LogP contribution in [0.25, 0.3) is 22.8 Å². The first-order chi connectivity index (χ1) is 11.1. The Morgan fingerprint density at radius 2 is 1.83 bits per heavy atom. The molecule has 23 heavy (non-hydrogen) atoms. The molecule has 3 rings (SSSR count). The number of nitrogens with zero attached hydrogens (tertiary/aromatic N) is 2. The Morgan fingerprint density at radius 3 is 2.48 bits per heavy atom. The van der Waals surface area contributed by atoms with Crippen molar-refractivity contribution in [1.29, 1.82) is 0 Å². The van der Waals surface area contributed by atoms with Gasteiger partial charge in [0, 0.05) is 11.6 Å². The van der Waals surface area contributed by atoms with Crippen LogP contribution in [0.15, 0.2) is 36.4 Å². The van der Waals surface area contributed by atoms with Gasteiger partial charge in [-0.2, -0.15) is 5.10 Å². The van der Waals surface area contributed by atoms with Crippen molar-refractivity contribution < 1.29 is 9.47 Å². The largest absolute Gasteiger partial charge is 0.497 e. The summed E-state index contributed by atoms with van der Waals surface area (Å²) < 4.78 is 10.5. The molecule has 0 fully saturated rings. The molecule has 0 aliphatic carbocycles. The van der Waals surface area contributed by atoms with Gasteiger partial charge in [0.05, 0.1) is 30.5 Å². The first-order valence-corrected chi connectivity index (χ1v) is 7.20. The normalized spacial score (nSPS) is 10.6. The van der Waals surface area contributed by atoms with E-state index in [1.54, 1.807) is 26.4 Å². The molecule has 0 saturated carbocycles. The molecule has 0 amide bonds. The number of rotatable bonds is 4. The Labute approximate surface area is 138 Å². The zero-order chi connectivity index (χ0) is 16.4. The molecule has 7 heteroatoms. The summed E-state index contributed by atoms with van der Waals surface area (Å²) in [6.45, 7) is 0. The van der Waals surface area contributed by atoms with Crippen molar-refractivity contribution in [2.24, 2.45) is 0 Å². The summed E-state index contributed by atoms with van der Waals surface area (Å²) in [7, 11) is 3.18. The molecule has 1 aromatic heterocycles. The summed E-state index contributed by atoms with van der Waals surface area (Å²) in [6, 6.07) is 10.8. The maximum Gasteiger partial charge on any atom is 0.181 e. The first-order valence-electron chi connectivity index (χ1n) is 6.82. The van der Waals surface area contributed by atoms with Crippen molar-refractivity contribution in [2.75, 3.05) is 20.0 Å². The Bertz CT molecular complexity index is 831. The van der Waals surface area contributed by atoms with Crippen molar-refractivity contribution in [3.63, 3.8) is 0 Å². The van der Waals surface area contributed by atoms with Crippen molar-refractivity contribution in [2.45, 2.75) is 0 Å². The molecule has 2 aromatic carbocycles. The van der Waals surface area contributed by atoms with Gasteiger partial charge in [-0.25, -0.2) is 4.98 Å². The van der Waals surface area contributed by atoms with Gasteiger partial charge in [-0.15, -0.1) is 0 Å². The van der Waals surface area contributed by atoms with Crippen LogP contribution in [0.1, 0.15) is 0 Å². The van der Waals surface area contributed by atoms with E-state index in [1.165, 1.54) is 0 Å². The van der Waals surface area contributed by atoms with Crippen molar-refractivity contribution in [3.05, 3.63) is 41.4 Å². The maximum absolute atomic E-state index is 6.09. The van der Waals surface area contributed by atoms with Gasteiger partial charge in [-0.1, -0.05) is 11.6 Å². The molecule has 0 spiro atoms. The number of nitrogens with two attached hydrogens (primary N) is 1. The zero-order valence-corrected chi connectivity index (χ0v) is 13.4. The fraction of sp³-hybridized carbons (Fsp3) is 0.125. The second kappa shape index (κ2) is 6.18. The van der Waals surface area contributed by atoms with E-state index >= 15 is 0 Å². The number of aromatic nitrogens is 3. The molecule has 0 aliphatic heterocycles. The van der Waals surface area contributed by atoms with Crippen LogP contribution >= 0.6 is 11.6 Å². The summed E-state index contributed by atoms with van der Waals surface area (Å²) in [5.41, 5.74) is 7.81. The standard InChI is InChI=1S/C16H15ClN4O2/c1-22-10-5-3-9(4-6-10)15-19-16(21-20-15)11-7-12(17)13(18)8-14(11)23-2/h3-8H,18H2,1-2H3,(H,19,20,21). The number of anilines is 1. The van der Waals surface area contributed by atoms with Crippen LogP contribution in [-0.4, -0.2) is 29.4 Å². The van der Waals surface area contributed by atoms with Crippen LogP contribution in [0.4, 0.5) is 5.69 Å². The molecule has 0 bridgehead atoms. The van der Waals surface area contributed by atoms with Crippen molar-refractivity contribution >= 4 is 17.3 Å². The lowest BCUT2D eigenvalue weighted by molar-refractivity contribution is 0.415. The molecular formula is C16H15ClN4O2. The minimum Gasteiger partial charge on any atom is -0.497 e. The molecule has 0 atom stereocenters. The average molecular weight is 331 g/mol. The number of halogens is 1. The van der Waals surface area contributed by atoms with Crippen molar-refractivity contribution in [3.8, 4) is 34.3 Å². The van der Waals surface area contributed by atoms with Gasteiger partial charge >= 0.3 is 0 Å². The first kappa shape index (κ1) is 15.2. The van der Waals surface area contributed by atoms with E-state index in [-0.39, 0.29) is 0 Å². The van der Waals surface area contributed by atoms with Gasteiger partial charge in [-0.3, -0.25) is 5.10 Å². The Balaban J connectivity index is 2.00. The Kier molecular flexibility index (Phi) is 4.08. The zero-order valence-electron chi connectivity index (χ0n) is 12.6. The van der Waals surface area contributed by atoms with E-state index in [1.807, 2.05) is 24.3 Å². The predicted molar refractivity (Wildman–Crippen MR) is 89.8 cm³/mol. The summed E-state index contributed by atoms with van der Waals surface area (Å²) in [5.74, 6) is 2.47. The quantitative estimate of drug-likeness (QED) is 0.716. The van der Waals surface area contributed by atoms with Crippen LogP contribution in [0, 0.1) is 0 Å². The highest BCUT2D eigenvalue weighted by molar-refractivity contribution is 6.33. The highest BCUT2D eigenvalue weighted by Gasteiger charge is 2.14. The summed E-state index contributed by atoms with van der Waals surface area (Å²) >= 11 is 6.09. The Morgan fingerprint density at radius 1 is 1.09 bits per heavy atom. The number of hydrogen-bond donors (Lipinski definition) is 2. The van der Waals surface area contributed by atoms with Crippen LogP contribution in [0.3, 0.4) is 0 Å². The topological polar surface area (TPSA) is 86.0 Å². The highest BCUT2D eigenvalue weighted by Crippen LogP contribution is 2.35. The lowest BCUT2D eigenvalue weighted by Crippen LogP contribution is -1.94. The SMILES string of the molecule is COc1ccc(-c2n[nH]c(-c3cc(Cl)c(N)cc3OC)n2)cc1. The fourth-order valence-corrected chi connectivity index (χ4v) is 2.34. The molecule has 118 valence electrons. The monoisotopic (exact) mass is 330 g/mol. The second-order valence-electron chi connectivity index (χ2n) is 4.81. The van der Waals surface area contributed by atoms with Crippen molar-refractivity contribution in [1.82, 2.24) is 15.2 Å². The van der Waals surface area contributed by atoms with Crippen LogP contribution in [-0.2, 0) is 0 Å². The average Bonchev–Trinajstić information content (AvgIpc) is 3.06. The Hall–Kier alpha value is -2.73. The predicted octanol–water partition coefficient (Wildman–Crippen LogP) is 3.39. The third-order valence-electron chi connectivity index (χ3n) is 3.41. The number of hydrogen-bond acceptors (Lipinski definition) is 5. The molecule has 3 aromatic rings. The molecule has 1 heterocycles. The second-order valence-corrected chi connectivity index (χ2v) is 5.22. The number of nitrogen functional groups attached to an aromatic ring is 1. The van der Waals surface area contributed by atoms with Crippen LogP contribution < -0.4 is 15.2 Å². The lowest BCUT2D eigenvalue weighted by Gasteiger charge is -2.08. The van der Waals surface area contributed by atoms with E-state index < -0.39 is 0 Å². The van der Waals surface area contributed by atoms with Crippen LogP contribution in [0.5, 0.6) is 11.5 Å². The summed E-state index contributed by atoms with van der Waals surface area (Å²) in [5, 5.41) is 7.57. The third kappa shape index (κ3) is 2.93. The molecule has 0 aliphatic rings. The molecule has 0 saturated heterocycles. The molecule has 0 radical (unpaired) electrons. The lowest BCUT2D eigenvalue weighted by atomic mass is 10.1. The smallest absolute Gasteiger partial charge is 0.181 e. The van der Waals surface area contributed by atoms with Gasteiger partial charge in [0.2, 0.25) is 0 Å². The number of methoxy groups -OCH3 is 2. The summed E-state index contributed by atoms with van der Waals surface area (Å²) in [4.78, 5) is 4.50. The molecule has 6 nitrogen and oxygen atoms in total. The van der Waals surface area contributed by atoms with E-state index in [0.717, 1.165) is 11.3 Å². The molecular weight excluding hydrogens is 316 g/mol. The van der Waals surface area contributed by atoms with E-state index in [0.29, 0.717) is 33.7 Å². The van der Waals surface area contributed by atoms with E-state index in [2.05, 4.69) is 15.2 Å². The van der Waals surface area contributed by atoms with Gasteiger partial charge in [0.1, 0.15) is 11.5 Å². The molecule has 0 unspecified atom stereocenters. The number of benzene rings is 2. The van der Waals surface area contributed by atoms with Gasteiger partial charge < -0.3 is 15.2 Å². The van der Waals surface area contributed by atoms with E-state index in [4.69, 9.17) is 26.8 Å². The number of ether oxygens (including phenoxy) is 2. The summed E-state index contributed by atoms with van der Waals surface area (Å²) in [6.07, 6.45) is 0. The number of H-pyrrole nitrogens is 1. The van der Waals surface area contributed by atoms with Gasteiger partial charge in [-0.05, 0) is 30.3 Å². The maximum atomic E-state index is 6.09. The van der Waals surface area contributed by atoms with Crippen LogP contribution in [0.2, 0.25) is 5.02 Å². The number of aromatic amines is 1.